The zero-order valence-electron chi connectivity index (χ0n) is 10.1. The molecule has 0 saturated carbocycles. The Morgan fingerprint density at radius 1 is 1.11 bits per heavy atom. The van der Waals surface area contributed by atoms with E-state index in [1.165, 1.54) is 5.56 Å². The number of rotatable bonds is 1. The molecule has 3 rings (SSSR count). The predicted octanol–water partition coefficient (Wildman–Crippen LogP) is 1.62. The van der Waals surface area contributed by atoms with Gasteiger partial charge in [0.1, 0.15) is 5.65 Å². The summed E-state index contributed by atoms with van der Waals surface area (Å²) in [6.45, 7) is 2.05. The Hall–Kier alpha value is -0.780. The molecule has 3 aromatic rings. The Labute approximate surface area is 138 Å². The standard InChI is InChI=1S/C14H10Cl2N2.HI/c1-9-4-5-18-8-13(17-14(18)6-9)11-3-2-10(15)7-12(11)16;/h2-8H,1H3;1H/p-1. The smallest absolute Gasteiger partial charge is 0.137 e. The fraction of sp³-hybridized carbons (Fsp3) is 0.0714. The summed E-state index contributed by atoms with van der Waals surface area (Å²) >= 11 is 12.1. The van der Waals surface area contributed by atoms with Crippen molar-refractivity contribution in [2.24, 2.45) is 0 Å². The summed E-state index contributed by atoms with van der Waals surface area (Å²) in [5, 5.41) is 1.24. The van der Waals surface area contributed by atoms with Crippen molar-refractivity contribution in [3.8, 4) is 11.3 Å². The zero-order valence-corrected chi connectivity index (χ0v) is 13.7. The SMILES string of the molecule is Cc1ccn2cc(-c3ccc(Cl)cc3Cl)nc2c1.[I-]. The van der Waals surface area contributed by atoms with Gasteiger partial charge < -0.3 is 28.4 Å². The third-order valence-electron chi connectivity index (χ3n) is 2.82. The van der Waals surface area contributed by atoms with Gasteiger partial charge in [0.05, 0.1) is 10.7 Å². The maximum absolute atomic E-state index is 6.19. The first-order valence-corrected chi connectivity index (χ1v) is 6.30. The number of nitrogens with zero attached hydrogens (tertiary/aromatic N) is 2. The molecule has 0 radical (unpaired) electrons. The van der Waals surface area contributed by atoms with E-state index in [2.05, 4.69) is 4.98 Å². The molecule has 98 valence electrons. The molecule has 0 amide bonds. The van der Waals surface area contributed by atoms with Crippen molar-refractivity contribution in [2.45, 2.75) is 6.92 Å². The van der Waals surface area contributed by atoms with Crippen molar-refractivity contribution < 1.29 is 24.0 Å². The van der Waals surface area contributed by atoms with Gasteiger partial charge in [0.15, 0.2) is 0 Å². The van der Waals surface area contributed by atoms with Crippen molar-refractivity contribution in [3.63, 3.8) is 0 Å². The lowest BCUT2D eigenvalue weighted by Crippen LogP contribution is -3.00. The molecular weight excluding hydrogens is 394 g/mol. The van der Waals surface area contributed by atoms with Crippen LogP contribution in [0.4, 0.5) is 0 Å². The minimum absolute atomic E-state index is 0. The van der Waals surface area contributed by atoms with E-state index < -0.39 is 0 Å². The maximum Gasteiger partial charge on any atom is 0.137 e. The van der Waals surface area contributed by atoms with Gasteiger partial charge in [-0.25, -0.2) is 4.98 Å². The number of hydrogen-bond donors (Lipinski definition) is 0. The van der Waals surface area contributed by atoms with Crippen LogP contribution in [-0.2, 0) is 0 Å². The molecule has 19 heavy (non-hydrogen) atoms. The second kappa shape index (κ2) is 5.69. The third kappa shape index (κ3) is 2.88. The minimum Gasteiger partial charge on any atom is -1.00 e. The van der Waals surface area contributed by atoms with Crippen LogP contribution < -0.4 is 24.0 Å². The van der Waals surface area contributed by atoms with Crippen LogP contribution in [0.25, 0.3) is 16.9 Å². The van der Waals surface area contributed by atoms with Crippen molar-refractivity contribution in [2.75, 3.05) is 0 Å². The molecule has 0 fully saturated rings. The van der Waals surface area contributed by atoms with E-state index in [9.17, 15) is 0 Å². The summed E-state index contributed by atoms with van der Waals surface area (Å²) < 4.78 is 1.98. The van der Waals surface area contributed by atoms with Crippen LogP contribution in [0.3, 0.4) is 0 Å². The molecule has 0 aliphatic carbocycles. The number of pyridine rings is 1. The van der Waals surface area contributed by atoms with E-state index in [0.29, 0.717) is 10.0 Å². The topological polar surface area (TPSA) is 17.3 Å². The van der Waals surface area contributed by atoms with Crippen molar-refractivity contribution in [3.05, 3.63) is 58.3 Å². The molecule has 0 N–H and O–H groups in total. The number of halogens is 3. The Morgan fingerprint density at radius 3 is 2.63 bits per heavy atom. The lowest BCUT2D eigenvalue weighted by molar-refractivity contribution is -0.00000354. The number of benzene rings is 1. The van der Waals surface area contributed by atoms with Crippen LogP contribution in [0.1, 0.15) is 5.56 Å². The molecule has 0 unspecified atom stereocenters. The molecule has 0 spiro atoms. The first-order chi connectivity index (χ1) is 8.63. The average Bonchev–Trinajstić information content (AvgIpc) is 2.71. The first-order valence-electron chi connectivity index (χ1n) is 5.54. The van der Waals surface area contributed by atoms with Crippen LogP contribution in [0, 0.1) is 6.92 Å². The van der Waals surface area contributed by atoms with Gasteiger partial charge in [0, 0.05) is 23.0 Å². The summed E-state index contributed by atoms with van der Waals surface area (Å²) in [6.07, 6.45) is 3.95. The Balaban J connectivity index is 0.00000133. The molecule has 2 heterocycles. The number of aryl methyl sites for hydroxylation is 1. The third-order valence-corrected chi connectivity index (χ3v) is 3.37. The summed E-state index contributed by atoms with van der Waals surface area (Å²) in [4.78, 5) is 4.57. The van der Waals surface area contributed by atoms with Gasteiger partial charge in [-0.15, -0.1) is 0 Å². The highest BCUT2D eigenvalue weighted by Gasteiger charge is 2.08. The predicted molar refractivity (Wildman–Crippen MR) is 75.4 cm³/mol. The molecular formula is C14H10Cl2IN2-. The van der Waals surface area contributed by atoms with E-state index in [1.807, 2.05) is 48.0 Å². The molecule has 5 heteroatoms. The normalized spacial score (nSPS) is 10.5. The maximum atomic E-state index is 6.19. The van der Waals surface area contributed by atoms with Crippen LogP contribution in [0.2, 0.25) is 10.0 Å². The fourth-order valence-electron chi connectivity index (χ4n) is 1.91. The van der Waals surface area contributed by atoms with Gasteiger partial charge in [0.2, 0.25) is 0 Å². The van der Waals surface area contributed by atoms with Gasteiger partial charge in [-0.2, -0.15) is 0 Å². The summed E-state index contributed by atoms with van der Waals surface area (Å²) in [7, 11) is 0. The first kappa shape index (κ1) is 14.6. The van der Waals surface area contributed by atoms with Gasteiger partial charge in [-0.1, -0.05) is 23.2 Å². The lowest BCUT2D eigenvalue weighted by Gasteiger charge is -2.00. The molecule has 1 aromatic carbocycles. The second-order valence-corrected chi connectivity index (χ2v) is 5.06. The van der Waals surface area contributed by atoms with E-state index >= 15 is 0 Å². The largest absolute Gasteiger partial charge is 1.00 e. The van der Waals surface area contributed by atoms with Crippen molar-refractivity contribution >= 4 is 28.8 Å². The van der Waals surface area contributed by atoms with Gasteiger partial charge >= 0.3 is 0 Å². The highest BCUT2D eigenvalue weighted by Crippen LogP contribution is 2.29. The van der Waals surface area contributed by atoms with Crippen LogP contribution in [0.5, 0.6) is 0 Å². The quantitative estimate of drug-likeness (QED) is 0.564. The summed E-state index contributed by atoms with van der Waals surface area (Å²) in [5.41, 5.74) is 3.84. The number of aromatic nitrogens is 2. The van der Waals surface area contributed by atoms with Crippen LogP contribution >= 0.6 is 23.2 Å². The Kier molecular flexibility index (Phi) is 4.38. The molecule has 0 aliphatic heterocycles. The second-order valence-electron chi connectivity index (χ2n) is 4.22. The minimum atomic E-state index is 0. The van der Waals surface area contributed by atoms with Crippen LogP contribution in [-0.4, -0.2) is 9.38 Å². The molecule has 0 atom stereocenters. The van der Waals surface area contributed by atoms with Crippen LogP contribution in [0.15, 0.2) is 42.7 Å². The summed E-state index contributed by atoms with van der Waals surface area (Å²) in [6, 6.07) is 9.51. The van der Waals surface area contributed by atoms with E-state index in [4.69, 9.17) is 23.2 Å². The Morgan fingerprint density at radius 2 is 1.89 bits per heavy atom. The molecule has 0 bridgehead atoms. The van der Waals surface area contributed by atoms with E-state index in [-0.39, 0.29) is 24.0 Å². The number of imidazole rings is 1. The number of hydrogen-bond acceptors (Lipinski definition) is 1. The molecule has 2 nitrogen and oxygen atoms in total. The fourth-order valence-corrected chi connectivity index (χ4v) is 2.42. The van der Waals surface area contributed by atoms with Gasteiger partial charge in [-0.3, -0.25) is 0 Å². The van der Waals surface area contributed by atoms with E-state index in [0.717, 1.165) is 16.9 Å². The van der Waals surface area contributed by atoms with Crippen molar-refractivity contribution in [1.82, 2.24) is 9.38 Å². The lowest BCUT2D eigenvalue weighted by atomic mass is 10.2. The van der Waals surface area contributed by atoms with Crippen molar-refractivity contribution in [1.29, 1.82) is 0 Å². The molecule has 0 aliphatic rings. The zero-order chi connectivity index (χ0) is 12.7. The van der Waals surface area contributed by atoms with Gasteiger partial charge in [-0.05, 0) is 42.8 Å². The van der Waals surface area contributed by atoms with Gasteiger partial charge in [0.25, 0.3) is 0 Å². The average molecular weight is 404 g/mol. The van der Waals surface area contributed by atoms with E-state index in [1.54, 1.807) is 6.07 Å². The highest BCUT2D eigenvalue weighted by molar-refractivity contribution is 6.36. The molecule has 2 aromatic heterocycles. The summed E-state index contributed by atoms with van der Waals surface area (Å²) in [5.74, 6) is 0. The molecule has 0 saturated heterocycles. The highest BCUT2D eigenvalue weighted by atomic mass is 127. The number of fused-ring (bicyclic) bond motifs is 1. The monoisotopic (exact) mass is 403 g/mol. The Bertz CT molecular complexity index is 737.